The summed E-state index contributed by atoms with van der Waals surface area (Å²) in [4.78, 5) is 4.09. The summed E-state index contributed by atoms with van der Waals surface area (Å²) in [6.45, 7) is 3.19. The topological polar surface area (TPSA) is 12.9 Å². The molecule has 0 aliphatic heterocycles. The third-order valence-corrected chi connectivity index (χ3v) is 2.76. The summed E-state index contributed by atoms with van der Waals surface area (Å²) in [6, 6.07) is 2.94. The number of nitrogens with zero attached hydrogens (tertiary/aromatic N) is 1. The summed E-state index contributed by atoms with van der Waals surface area (Å²) >= 11 is 0. The largest absolute Gasteiger partial charge is 0.264 e. The van der Waals surface area contributed by atoms with Gasteiger partial charge in [0.25, 0.3) is 0 Å². The molecule has 0 radical (unpaired) electrons. The van der Waals surface area contributed by atoms with Gasteiger partial charge in [-0.15, -0.1) is 0 Å². The lowest BCUT2D eigenvalue weighted by Crippen LogP contribution is -1.97. The van der Waals surface area contributed by atoms with Gasteiger partial charge in [0.1, 0.15) is 12.5 Å². The van der Waals surface area contributed by atoms with Crippen LogP contribution in [0.4, 0.5) is 8.78 Å². The number of pyridine rings is 1. The zero-order valence-corrected chi connectivity index (χ0v) is 9.30. The van der Waals surface area contributed by atoms with E-state index in [4.69, 9.17) is 0 Å². The van der Waals surface area contributed by atoms with Crippen molar-refractivity contribution in [2.45, 2.75) is 26.4 Å². The molecule has 1 nitrogen and oxygen atoms in total. The molecule has 0 spiro atoms. The second-order valence-electron chi connectivity index (χ2n) is 4.14. The molecule has 0 aliphatic carbocycles. The van der Waals surface area contributed by atoms with Gasteiger partial charge in [0, 0.05) is 23.3 Å². The van der Waals surface area contributed by atoms with E-state index in [-0.39, 0.29) is 11.5 Å². The number of benzene rings is 1. The second kappa shape index (κ2) is 4.16. The minimum Gasteiger partial charge on any atom is -0.264 e. The van der Waals surface area contributed by atoms with Crippen LogP contribution in [0.3, 0.4) is 0 Å². The highest BCUT2D eigenvalue weighted by molar-refractivity contribution is 5.88. The molecular formula is C13H13F2N. The van der Waals surface area contributed by atoms with Gasteiger partial charge >= 0.3 is 0 Å². The van der Waals surface area contributed by atoms with Crippen molar-refractivity contribution in [2.75, 3.05) is 0 Å². The molecule has 0 fully saturated rings. The van der Waals surface area contributed by atoms with Crippen molar-refractivity contribution in [3.05, 3.63) is 41.5 Å². The first kappa shape index (κ1) is 11.0. The minimum absolute atomic E-state index is 0.142. The van der Waals surface area contributed by atoms with Crippen LogP contribution in [0.15, 0.2) is 24.5 Å². The van der Waals surface area contributed by atoms with Crippen LogP contribution in [0.2, 0.25) is 0 Å². The summed E-state index contributed by atoms with van der Waals surface area (Å²) in [6.07, 6.45) is 3.32. The monoisotopic (exact) mass is 221 g/mol. The van der Waals surface area contributed by atoms with Gasteiger partial charge in [-0.05, 0) is 29.0 Å². The van der Waals surface area contributed by atoms with Crippen LogP contribution in [-0.4, -0.2) is 4.98 Å². The first-order chi connectivity index (χ1) is 7.65. The quantitative estimate of drug-likeness (QED) is 0.747. The van der Waals surface area contributed by atoms with Crippen molar-refractivity contribution in [1.82, 2.24) is 4.98 Å². The molecule has 0 saturated heterocycles. The fourth-order valence-corrected chi connectivity index (χ4v) is 1.92. The van der Waals surface area contributed by atoms with E-state index in [9.17, 15) is 8.78 Å². The van der Waals surface area contributed by atoms with E-state index >= 15 is 0 Å². The van der Waals surface area contributed by atoms with Crippen molar-refractivity contribution < 1.29 is 8.78 Å². The van der Waals surface area contributed by atoms with Crippen molar-refractivity contribution in [3.63, 3.8) is 0 Å². The summed E-state index contributed by atoms with van der Waals surface area (Å²) < 4.78 is 26.4. The summed E-state index contributed by atoms with van der Waals surface area (Å²) in [5.41, 5.74) is 1.04. The fraction of sp³-hybridized carbons (Fsp3) is 0.308. The standard InChI is InChI=1S/C13H13F2N/c1-8(2)11-7-16-6-9-3-4-12(15)10(5-14)13(9)11/h3-4,6-8H,5H2,1-2H3. The van der Waals surface area contributed by atoms with Crippen molar-refractivity contribution >= 4 is 10.8 Å². The Kier molecular flexibility index (Phi) is 2.86. The highest BCUT2D eigenvalue weighted by Crippen LogP contribution is 2.29. The Morgan fingerprint density at radius 3 is 2.62 bits per heavy atom. The molecule has 2 rings (SSSR count). The molecule has 0 N–H and O–H groups in total. The molecule has 3 heteroatoms. The molecule has 0 bridgehead atoms. The number of hydrogen-bond acceptors (Lipinski definition) is 1. The third kappa shape index (κ3) is 1.66. The maximum absolute atomic E-state index is 13.5. The van der Waals surface area contributed by atoms with E-state index in [1.165, 1.54) is 6.07 Å². The molecule has 84 valence electrons. The number of fused-ring (bicyclic) bond motifs is 1. The van der Waals surface area contributed by atoms with E-state index in [0.717, 1.165) is 10.9 Å². The highest BCUT2D eigenvalue weighted by Gasteiger charge is 2.13. The Morgan fingerprint density at radius 1 is 1.25 bits per heavy atom. The average molecular weight is 221 g/mol. The second-order valence-corrected chi connectivity index (χ2v) is 4.14. The molecule has 0 atom stereocenters. The zero-order valence-electron chi connectivity index (χ0n) is 9.30. The van der Waals surface area contributed by atoms with Gasteiger partial charge in [-0.3, -0.25) is 4.98 Å². The van der Waals surface area contributed by atoms with Gasteiger partial charge in [0.2, 0.25) is 0 Å². The normalized spacial score (nSPS) is 11.3. The lowest BCUT2D eigenvalue weighted by atomic mass is 9.95. The zero-order chi connectivity index (χ0) is 11.7. The number of halogens is 2. The number of rotatable bonds is 2. The molecule has 1 heterocycles. The Labute approximate surface area is 93.1 Å². The van der Waals surface area contributed by atoms with E-state index in [0.29, 0.717) is 5.39 Å². The molecule has 0 saturated carbocycles. The van der Waals surface area contributed by atoms with E-state index in [2.05, 4.69) is 4.98 Å². The lowest BCUT2D eigenvalue weighted by Gasteiger charge is -2.12. The molecule has 1 aromatic carbocycles. The van der Waals surface area contributed by atoms with Gasteiger partial charge in [0.05, 0.1) is 0 Å². The van der Waals surface area contributed by atoms with Gasteiger partial charge in [-0.2, -0.15) is 0 Å². The maximum Gasteiger partial charge on any atom is 0.129 e. The first-order valence-electron chi connectivity index (χ1n) is 5.26. The number of hydrogen-bond donors (Lipinski definition) is 0. The third-order valence-electron chi connectivity index (χ3n) is 2.76. The summed E-state index contributed by atoms with van der Waals surface area (Å²) in [7, 11) is 0. The first-order valence-corrected chi connectivity index (χ1v) is 5.26. The van der Waals surface area contributed by atoms with Crippen molar-refractivity contribution in [2.24, 2.45) is 0 Å². The van der Waals surface area contributed by atoms with E-state index in [1.807, 2.05) is 13.8 Å². The Morgan fingerprint density at radius 2 is 2.00 bits per heavy atom. The van der Waals surface area contributed by atoms with Crippen LogP contribution in [-0.2, 0) is 6.67 Å². The Bertz CT molecular complexity index is 521. The summed E-state index contributed by atoms with van der Waals surface area (Å²) in [5.74, 6) is -0.286. The van der Waals surface area contributed by atoms with Gasteiger partial charge in [-0.1, -0.05) is 13.8 Å². The van der Waals surface area contributed by atoms with Crippen LogP contribution in [0.25, 0.3) is 10.8 Å². The number of alkyl halides is 1. The van der Waals surface area contributed by atoms with Gasteiger partial charge in [0.15, 0.2) is 0 Å². The number of aromatic nitrogens is 1. The van der Waals surface area contributed by atoms with Gasteiger partial charge < -0.3 is 0 Å². The molecule has 0 unspecified atom stereocenters. The van der Waals surface area contributed by atoms with Crippen LogP contribution < -0.4 is 0 Å². The smallest absolute Gasteiger partial charge is 0.129 e. The van der Waals surface area contributed by atoms with Crippen LogP contribution in [0.5, 0.6) is 0 Å². The average Bonchev–Trinajstić information content (AvgIpc) is 2.28. The molecule has 16 heavy (non-hydrogen) atoms. The molecule has 0 amide bonds. The predicted octanol–water partition coefficient (Wildman–Crippen LogP) is 3.97. The maximum atomic E-state index is 13.5. The predicted molar refractivity (Wildman–Crippen MR) is 60.6 cm³/mol. The molecule has 0 aliphatic rings. The van der Waals surface area contributed by atoms with Crippen LogP contribution in [0.1, 0.15) is 30.9 Å². The SMILES string of the molecule is CC(C)c1cncc2ccc(F)c(CF)c12. The Hall–Kier alpha value is -1.51. The van der Waals surface area contributed by atoms with Crippen LogP contribution >= 0.6 is 0 Å². The minimum atomic E-state index is -0.785. The molecule has 2 aromatic rings. The van der Waals surface area contributed by atoms with E-state index in [1.54, 1.807) is 18.5 Å². The van der Waals surface area contributed by atoms with Crippen molar-refractivity contribution in [1.29, 1.82) is 0 Å². The molecular weight excluding hydrogens is 208 g/mol. The lowest BCUT2D eigenvalue weighted by molar-refractivity contribution is 0.467. The fourth-order valence-electron chi connectivity index (χ4n) is 1.92. The summed E-state index contributed by atoms with van der Waals surface area (Å²) in [5, 5.41) is 1.47. The van der Waals surface area contributed by atoms with E-state index < -0.39 is 12.5 Å². The van der Waals surface area contributed by atoms with Gasteiger partial charge in [-0.25, -0.2) is 8.78 Å². The highest BCUT2D eigenvalue weighted by atomic mass is 19.1. The van der Waals surface area contributed by atoms with Crippen molar-refractivity contribution in [3.8, 4) is 0 Å². The molecule has 1 aromatic heterocycles. The van der Waals surface area contributed by atoms with Crippen LogP contribution in [0, 0.1) is 5.82 Å². The Balaban J connectivity index is 2.87.